The Morgan fingerprint density at radius 3 is 1.88 bits per heavy atom. The molecule has 0 bridgehead atoms. The summed E-state index contributed by atoms with van der Waals surface area (Å²) in [5.41, 5.74) is 0.427. The molecule has 1 aromatic carbocycles. The molecular formula is C18H30N2O4S. The average molecular weight is 371 g/mol. The fourth-order valence-electron chi connectivity index (χ4n) is 2.93. The van der Waals surface area contributed by atoms with Crippen molar-refractivity contribution in [2.45, 2.75) is 46.7 Å². The van der Waals surface area contributed by atoms with Gasteiger partial charge in [0.05, 0.1) is 19.1 Å². The van der Waals surface area contributed by atoms with Gasteiger partial charge in [-0.2, -0.15) is 0 Å². The molecule has 0 saturated heterocycles. The van der Waals surface area contributed by atoms with Crippen LogP contribution in [0.2, 0.25) is 0 Å². The lowest BCUT2D eigenvalue weighted by molar-refractivity contribution is -0.123. The van der Waals surface area contributed by atoms with Crippen molar-refractivity contribution in [1.29, 1.82) is 0 Å². The Balaban J connectivity index is 3.12. The Kier molecular flexibility index (Phi) is 7.29. The summed E-state index contributed by atoms with van der Waals surface area (Å²) in [6.07, 6.45) is 1.10. The molecular weight excluding hydrogens is 340 g/mol. The molecule has 0 spiro atoms. The van der Waals surface area contributed by atoms with Gasteiger partial charge in [0.25, 0.3) is 0 Å². The Bertz CT molecular complexity index is 661. The van der Waals surface area contributed by atoms with Crippen LogP contribution in [0.15, 0.2) is 24.3 Å². The van der Waals surface area contributed by atoms with Gasteiger partial charge >= 0.3 is 0 Å². The van der Waals surface area contributed by atoms with Crippen molar-refractivity contribution < 1.29 is 17.9 Å². The Morgan fingerprint density at radius 1 is 1.04 bits per heavy atom. The van der Waals surface area contributed by atoms with E-state index < -0.39 is 16.1 Å². The van der Waals surface area contributed by atoms with E-state index >= 15 is 0 Å². The highest BCUT2D eigenvalue weighted by molar-refractivity contribution is 7.92. The van der Waals surface area contributed by atoms with Crippen molar-refractivity contribution in [2.24, 2.45) is 11.8 Å². The first-order valence-electron chi connectivity index (χ1n) is 8.42. The van der Waals surface area contributed by atoms with Gasteiger partial charge in [-0.05, 0) is 43.0 Å². The highest BCUT2D eigenvalue weighted by Gasteiger charge is 2.31. The molecule has 0 aromatic heterocycles. The smallest absolute Gasteiger partial charge is 0.243 e. The van der Waals surface area contributed by atoms with Crippen molar-refractivity contribution >= 4 is 21.6 Å². The minimum Gasteiger partial charge on any atom is -0.497 e. The number of ether oxygens (including phenoxy) is 1. The van der Waals surface area contributed by atoms with Crippen LogP contribution in [-0.4, -0.2) is 39.8 Å². The standard InChI is InChI=1S/C18H30N2O4S/c1-12(2)17(13(3)4)19-18(21)14(5)20(25(7,22)23)15-8-10-16(24-6)11-9-15/h8-14,17H,1-7H3,(H,19,21)/t14-/m0/s1. The third-order valence-corrected chi connectivity index (χ3v) is 5.40. The van der Waals surface area contributed by atoms with Crippen LogP contribution >= 0.6 is 0 Å². The van der Waals surface area contributed by atoms with Crippen LogP contribution in [0.5, 0.6) is 5.75 Å². The molecule has 0 heterocycles. The van der Waals surface area contributed by atoms with Gasteiger partial charge in [0, 0.05) is 6.04 Å². The molecule has 0 radical (unpaired) electrons. The number of carbonyl (C=O) groups excluding carboxylic acids is 1. The van der Waals surface area contributed by atoms with Gasteiger partial charge in [-0.1, -0.05) is 27.7 Å². The van der Waals surface area contributed by atoms with E-state index in [0.29, 0.717) is 11.4 Å². The molecule has 0 saturated carbocycles. The molecule has 7 heteroatoms. The van der Waals surface area contributed by atoms with Gasteiger partial charge in [0.2, 0.25) is 15.9 Å². The summed E-state index contributed by atoms with van der Waals surface area (Å²) in [6, 6.07) is 5.72. The number of hydrogen-bond acceptors (Lipinski definition) is 4. The van der Waals surface area contributed by atoms with Gasteiger partial charge in [-0.3, -0.25) is 9.10 Å². The Labute approximate surface area is 151 Å². The van der Waals surface area contributed by atoms with Gasteiger partial charge in [0.15, 0.2) is 0 Å². The van der Waals surface area contributed by atoms with Crippen molar-refractivity contribution in [3.63, 3.8) is 0 Å². The van der Waals surface area contributed by atoms with E-state index in [1.807, 2.05) is 27.7 Å². The predicted molar refractivity (Wildman–Crippen MR) is 101 cm³/mol. The van der Waals surface area contributed by atoms with Crippen molar-refractivity contribution in [2.75, 3.05) is 17.7 Å². The van der Waals surface area contributed by atoms with Gasteiger partial charge in [0.1, 0.15) is 11.8 Å². The first-order valence-corrected chi connectivity index (χ1v) is 10.3. The second-order valence-corrected chi connectivity index (χ2v) is 8.81. The molecule has 1 amide bonds. The van der Waals surface area contributed by atoms with Crippen LogP contribution in [0.25, 0.3) is 0 Å². The van der Waals surface area contributed by atoms with Crippen molar-refractivity contribution in [1.82, 2.24) is 5.32 Å². The third-order valence-electron chi connectivity index (χ3n) is 4.16. The van der Waals surface area contributed by atoms with Crippen LogP contribution in [0, 0.1) is 11.8 Å². The van der Waals surface area contributed by atoms with E-state index in [1.165, 1.54) is 7.11 Å². The summed E-state index contributed by atoms with van der Waals surface area (Å²) >= 11 is 0. The summed E-state index contributed by atoms with van der Waals surface area (Å²) in [6.45, 7) is 9.74. The highest BCUT2D eigenvalue weighted by Crippen LogP contribution is 2.24. The van der Waals surface area contributed by atoms with Crippen molar-refractivity contribution in [3.05, 3.63) is 24.3 Å². The summed E-state index contributed by atoms with van der Waals surface area (Å²) in [7, 11) is -2.09. The second-order valence-electron chi connectivity index (χ2n) is 6.96. The fraction of sp³-hybridized carbons (Fsp3) is 0.611. The largest absolute Gasteiger partial charge is 0.497 e. The molecule has 1 aromatic rings. The lowest BCUT2D eigenvalue weighted by atomic mass is 9.93. The summed E-state index contributed by atoms with van der Waals surface area (Å²) < 4.78 is 30.8. The van der Waals surface area contributed by atoms with Crippen LogP contribution in [0.4, 0.5) is 5.69 Å². The van der Waals surface area contributed by atoms with Crippen LogP contribution in [0.1, 0.15) is 34.6 Å². The zero-order chi connectivity index (χ0) is 19.4. The number of benzene rings is 1. The lowest BCUT2D eigenvalue weighted by Gasteiger charge is -2.32. The second kappa shape index (κ2) is 8.56. The van der Waals surface area contributed by atoms with Gasteiger partial charge in [-0.15, -0.1) is 0 Å². The molecule has 1 N–H and O–H groups in total. The first kappa shape index (κ1) is 21.3. The molecule has 142 valence electrons. The number of nitrogens with zero attached hydrogens (tertiary/aromatic N) is 1. The molecule has 0 aliphatic carbocycles. The third kappa shape index (κ3) is 5.63. The molecule has 1 atom stereocenters. The molecule has 1 rings (SSSR count). The van der Waals surface area contributed by atoms with E-state index in [0.717, 1.165) is 10.6 Å². The zero-order valence-corrected chi connectivity index (χ0v) is 16.9. The maximum atomic E-state index is 12.7. The van der Waals surface area contributed by atoms with Crippen LogP contribution < -0.4 is 14.4 Å². The molecule has 0 aliphatic rings. The Hall–Kier alpha value is -1.76. The van der Waals surface area contributed by atoms with Gasteiger partial charge < -0.3 is 10.1 Å². The number of methoxy groups -OCH3 is 1. The first-order chi connectivity index (χ1) is 11.5. The predicted octanol–water partition coefficient (Wildman–Crippen LogP) is 2.65. The average Bonchev–Trinajstić information content (AvgIpc) is 2.51. The number of anilines is 1. The van der Waals surface area contributed by atoms with E-state index in [9.17, 15) is 13.2 Å². The topological polar surface area (TPSA) is 75.7 Å². The number of sulfonamides is 1. The fourth-order valence-corrected chi connectivity index (χ4v) is 4.10. The number of nitrogens with one attached hydrogen (secondary N) is 1. The summed E-state index contributed by atoms with van der Waals surface area (Å²) in [4.78, 5) is 12.7. The number of hydrogen-bond donors (Lipinski definition) is 1. The SMILES string of the molecule is COc1ccc(N([C@@H](C)C(=O)NC(C(C)C)C(C)C)S(C)(=O)=O)cc1. The van der Waals surface area contributed by atoms with E-state index in [2.05, 4.69) is 5.32 Å². The van der Waals surface area contributed by atoms with E-state index in [4.69, 9.17) is 4.74 Å². The summed E-state index contributed by atoms with van der Waals surface area (Å²) in [5, 5.41) is 2.99. The molecule has 6 nitrogen and oxygen atoms in total. The zero-order valence-electron chi connectivity index (χ0n) is 16.1. The van der Waals surface area contributed by atoms with Crippen molar-refractivity contribution in [3.8, 4) is 5.75 Å². The molecule has 0 aliphatic heterocycles. The van der Waals surface area contributed by atoms with Crippen LogP contribution in [0.3, 0.4) is 0 Å². The monoisotopic (exact) mass is 370 g/mol. The summed E-state index contributed by atoms with van der Waals surface area (Å²) in [5.74, 6) is 0.815. The molecule has 0 unspecified atom stereocenters. The quantitative estimate of drug-likeness (QED) is 0.763. The molecule has 0 fully saturated rings. The maximum absolute atomic E-state index is 12.7. The van der Waals surface area contributed by atoms with Gasteiger partial charge in [-0.25, -0.2) is 8.42 Å². The lowest BCUT2D eigenvalue weighted by Crippen LogP contribution is -2.52. The normalized spacial score (nSPS) is 13.2. The highest BCUT2D eigenvalue weighted by atomic mass is 32.2. The van der Waals surface area contributed by atoms with E-state index in [1.54, 1.807) is 31.2 Å². The minimum absolute atomic E-state index is 0.0211. The minimum atomic E-state index is -3.63. The van der Waals surface area contributed by atoms with Crippen LogP contribution in [-0.2, 0) is 14.8 Å². The Morgan fingerprint density at radius 2 is 1.52 bits per heavy atom. The number of rotatable bonds is 8. The van der Waals surface area contributed by atoms with E-state index in [-0.39, 0.29) is 23.8 Å². The molecule has 25 heavy (non-hydrogen) atoms. The number of amides is 1. The number of carbonyl (C=O) groups is 1. The maximum Gasteiger partial charge on any atom is 0.243 e.